The van der Waals surface area contributed by atoms with Gasteiger partial charge in [-0.15, -0.1) is 0 Å². The van der Waals surface area contributed by atoms with E-state index >= 15 is 0 Å². The summed E-state index contributed by atoms with van der Waals surface area (Å²) in [7, 11) is 0. The smallest absolute Gasteiger partial charge is 0.271 e. The van der Waals surface area contributed by atoms with E-state index in [4.69, 9.17) is 11.5 Å². The molecule has 0 amide bonds. The Hall–Kier alpha value is -1.45. The minimum atomic E-state index is -0.226. The lowest BCUT2D eigenvalue weighted by atomic mass is 9.82. The van der Waals surface area contributed by atoms with Crippen LogP contribution in [0.3, 0.4) is 0 Å². The van der Waals surface area contributed by atoms with Gasteiger partial charge in [0.15, 0.2) is 0 Å². The van der Waals surface area contributed by atoms with Crippen LogP contribution in [-0.2, 0) is 0 Å². The van der Waals surface area contributed by atoms with Gasteiger partial charge in [0.1, 0.15) is 0 Å². The van der Waals surface area contributed by atoms with Crippen molar-refractivity contribution < 1.29 is 0 Å². The van der Waals surface area contributed by atoms with E-state index in [1.807, 2.05) is 0 Å². The van der Waals surface area contributed by atoms with Crippen LogP contribution in [0.2, 0.25) is 0 Å². The molecule has 0 aromatic carbocycles. The summed E-state index contributed by atoms with van der Waals surface area (Å²) < 4.78 is 0. The zero-order valence-corrected chi connectivity index (χ0v) is 7.34. The molecule has 0 spiro atoms. The van der Waals surface area contributed by atoms with Gasteiger partial charge in [-0.1, -0.05) is 6.42 Å². The van der Waals surface area contributed by atoms with Gasteiger partial charge in [0.25, 0.3) is 5.56 Å². The molecule has 70 valence electrons. The number of aromatic nitrogens is 1. The summed E-state index contributed by atoms with van der Waals surface area (Å²) in [6, 6.07) is 1.55. The van der Waals surface area contributed by atoms with E-state index in [1.165, 1.54) is 6.42 Å². The molecule has 4 nitrogen and oxygen atoms in total. The number of hydrogen-bond acceptors (Lipinski definition) is 3. The molecule has 1 saturated carbocycles. The molecule has 1 fully saturated rings. The second kappa shape index (κ2) is 2.80. The Balaban J connectivity index is 2.45. The molecule has 0 unspecified atom stereocenters. The average Bonchev–Trinajstić information content (AvgIpc) is 1.96. The molecule has 0 atom stereocenters. The Morgan fingerprint density at radius 3 is 2.54 bits per heavy atom. The number of H-pyrrole nitrogens is 1. The fraction of sp³-hybridized carbons (Fsp3) is 0.444. The molecule has 0 aliphatic heterocycles. The summed E-state index contributed by atoms with van der Waals surface area (Å²) in [5.41, 5.74) is 12.6. The zero-order chi connectivity index (χ0) is 9.42. The van der Waals surface area contributed by atoms with Crippen molar-refractivity contribution in [2.45, 2.75) is 25.2 Å². The SMILES string of the molecule is Nc1cc(N)c(=O)[nH]c1C1CCC1. The number of nitrogens with two attached hydrogens (primary N) is 2. The molecule has 1 aliphatic rings. The summed E-state index contributed by atoms with van der Waals surface area (Å²) in [6.07, 6.45) is 3.45. The number of hydrogen-bond donors (Lipinski definition) is 3. The third kappa shape index (κ3) is 1.28. The molecule has 4 heteroatoms. The lowest BCUT2D eigenvalue weighted by Crippen LogP contribution is -2.20. The monoisotopic (exact) mass is 179 g/mol. The molecule has 0 bridgehead atoms. The largest absolute Gasteiger partial charge is 0.397 e. The van der Waals surface area contributed by atoms with Crippen molar-refractivity contribution in [3.8, 4) is 0 Å². The van der Waals surface area contributed by atoms with Crippen LogP contribution >= 0.6 is 0 Å². The maximum Gasteiger partial charge on any atom is 0.271 e. The van der Waals surface area contributed by atoms with Crippen LogP contribution in [0.15, 0.2) is 10.9 Å². The predicted octanol–water partition coefficient (Wildman–Crippen LogP) is 0.807. The standard InChI is InChI=1S/C9H13N3O/c10-6-4-7(11)9(13)12-8(6)5-2-1-3-5/h4-5H,1-3,10-11H2,(H,12,13). The van der Waals surface area contributed by atoms with Crippen molar-refractivity contribution in [3.63, 3.8) is 0 Å². The van der Waals surface area contributed by atoms with Crippen LogP contribution in [0.5, 0.6) is 0 Å². The van der Waals surface area contributed by atoms with E-state index in [2.05, 4.69) is 4.98 Å². The molecule has 0 radical (unpaired) electrons. The maximum absolute atomic E-state index is 11.2. The maximum atomic E-state index is 11.2. The molecular weight excluding hydrogens is 166 g/mol. The van der Waals surface area contributed by atoms with E-state index in [9.17, 15) is 4.79 Å². The highest BCUT2D eigenvalue weighted by molar-refractivity contribution is 5.54. The fourth-order valence-electron chi connectivity index (χ4n) is 1.61. The van der Waals surface area contributed by atoms with Crippen molar-refractivity contribution in [2.75, 3.05) is 11.5 Å². The topological polar surface area (TPSA) is 84.9 Å². The second-order valence-corrected chi connectivity index (χ2v) is 3.55. The van der Waals surface area contributed by atoms with E-state index in [0.717, 1.165) is 18.5 Å². The van der Waals surface area contributed by atoms with Crippen LogP contribution < -0.4 is 17.0 Å². The highest BCUT2D eigenvalue weighted by atomic mass is 16.1. The summed E-state index contributed by atoms with van der Waals surface area (Å²) in [4.78, 5) is 13.9. The van der Waals surface area contributed by atoms with Crippen LogP contribution in [0.1, 0.15) is 30.9 Å². The van der Waals surface area contributed by atoms with Gasteiger partial charge >= 0.3 is 0 Å². The van der Waals surface area contributed by atoms with E-state index in [0.29, 0.717) is 11.6 Å². The van der Waals surface area contributed by atoms with Crippen molar-refractivity contribution in [1.29, 1.82) is 0 Å². The highest BCUT2D eigenvalue weighted by Crippen LogP contribution is 2.37. The first-order chi connectivity index (χ1) is 6.18. The van der Waals surface area contributed by atoms with Crippen molar-refractivity contribution in [3.05, 3.63) is 22.1 Å². The van der Waals surface area contributed by atoms with Crippen LogP contribution in [-0.4, -0.2) is 4.98 Å². The zero-order valence-electron chi connectivity index (χ0n) is 7.34. The van der Waals surface area contributed by atoms with Crippen molar-refractivity contribution >= 4 is 11.4 Å². The van der Waals surface area contributed by atoms with E-state index in [1.54, 1.807) is 6.07 Å². The quantitative estimate of drug-likeness (QED) is 0.596. The Morgan fingerprint density at radius 1 is 1.31 bits per heavy atom. The summed E-state index contributed by atoms with van der Waals surface area (Å²) in [5, 5.41) is 0. The third-order valence-corrected chi connectivity index (χ3v) is 2.65. The molecule has 1 heterocycles. The molecule has 0 saturated heterocycles. The minimum absolute atomic E-state index is 0.195. The molecule has 1 aromatic rings. The molecule has 5 N–H and O–H groups in total. The van der Waals surface area contributed by atoms with Gasteiger partial charge in [0, 0.05) is 11.6 Å². The van der Waals surface area contributed by atoms with E-state index < -0.39 is 0 Å². The first-order valence-electron chi connectivity index (χ1n) is 4.46. The number of rotatable bonds is 1. The lowest BCUT2D eigenvalue weighted by Gasteiger charge is -2.26. The predicted molar refractivity (Wildman–Crippen MR) is 52.5 cm³/mol. The molecular formula is C9H13N3O. The lowest BCUT2D eigenvalue weighted by molar-refractivity contribution is 0.412. The van der Waals surface area contributed by atoms with E-state index in [-0.39, 0.29) is 11.2 Å². The molecule has 1 aliphatic carbocycles. The highest BCUT2D eigenvalue weighted by Gasteiger charge is 2.22. The number of nitrogens with one attached hydrogen (secondary N) is 1. The van der Waals surface area contributed by atoms with Gasteiger partial charge in [-0.2, -0.15) is 0 Å². The number of nitrogen functional groups attached to an aromatic ring is 2. The Labute approximate surface area is 75.9 Å². The number of anilines is 2. The van der Waals surface area contributed by atoms with Gasteiger partial charge in [-0.25, -0.2) is 0 Å². The Kier molecular flexibility index (Phi) is 1.76. The van der Waals surface area contributed by atoms with Crippen LogP contribution in [0.25, 0.3) is 0 Å². The van der Waals surface area contributed by atoms with Gasteiger partial charge in [0.05, 0.1) is 11.4 Å². The molecule has 1 aromatic heterocycles. The molecule has 13 heavy (non-hydrogen) atoms. The Bertz CT molecular complexity index is 379. The van der Waals surface area contributed by atoms with Crippen LogP contribution in [0.4, 0.5) is 11.4 Å². The third-order valence-electron chi connectivity index (χ3n) is 2.65. The normalized spacial score (nSPS) is 16.9. The first kappa shape index (κ1) is 8.16. The number of aromatic amines is 1. The Morgan fingerprint density at radius 2 is 2.00 bits per heavy atom. The fourth-order valence-corrected chi connectivity index (χ4v) is 1.61. The van der Waals surface area contributed by atoms with Crippen molar-refractivity contribution in [1.82, 2.24) is 4.98 Å². The van der Waals surface area contributed by atoms with Crippen LogP contribution in [0, 0.1) is 0 Å². The van der Waals surface area contributed by atoms with Gasteiger partial charge < -0.3 is 16.5 Å². The second-order valence-electron chi connectivity index (χ2n) is 3.55. The average molecular weight is 179 g/mol. The van der Waals surface area contributed by atoms with Gasteiger partial charge in [-0.05, 0) is 18.9 Å². The number of pyridine rings is 1. The first-order valence-corrected chi connectivity index (χ1v) is 4.46. The van der Waals surface area contributed by atoms with Crippen molar-refractivity contribution in [2.24, 2.45) is 0 Å². The summed E-state index contributed by atoms with van der Waals surface area (Å²) in [6.45, 7) is 0. The minimum Gasteiger partial charge on any atom is -0.397 e. The summed E-state index contributed by atoms with van der Waals surface area (Å²) >= 11 is 0. The summed E-state index contributed by atoms with van der Waals surface area (Å²) in [5.74, 6) is 0.438. The molecule has 2 rings (SSSR count). The van der Waals surface area contributed by atoms with Gasteiger partial charge in [-0.3, -0.25) is 4.79 Å². The van der Waals surface area contributed by atoms with Gasteiger partial charge in [0.2, 0.25) is 0 Å².